The molecule has 1 fully saturated rings. The van der Waals surface area contributed by atoms with Crippen molar-refractivity contribution in [3.8, 4) is 0 Å². The average molecular weight is 416 g/mol. The molecule has 0 unspecified atom stereocenters. The molecule has 1 rings (SSSR count). The van der Waals surface area contributed by atoms with Crippen molar-refractivity contribution in [2.24, 2.45) is 11.8 Å². The zero-order valence-electron chi connectivity index (χ0n) is 16.4. The molecule has 10 heteroatoms. The molecule has 5 atom stereocenters. The number of amides is 2. The van der Waals surface area contributed by atoms with E-state index < -0.39 is 58.5 Å². The Hall–Kier alpha value is -1.91. The van der Waals surface area contributed by atoms with Crippen LogP contribution in [0.3, 0.4) is 0 Å². The van der Waals surface area contributed by atoms with Crippen LogP contribution < -0.4 is 10.6 Å². The van der Waals surface area contributed by atoms with Gasteiger partial charge in [-0.15, -0.1) is 0 Å². The van der Waals surface area contributed by atoms with Crippen LogP contribution in [0, 0.1) is 11.8 Å². The fourth-order valence-electron chi connectivity index (χ4n) is 2.93. The predicted octanol–water partition coefficient (Wildman–Crippen LogP) is -0.637. The summed E-state index contributed by atoms with van der Waals surface area (Å²) in [6.07, 6.45) is -1.42. The van der Waals surface area contributed by atoms with E-state index in [4.69, 9.17) is 4.74 Å². The number of carbonyl (C=O) groups excluding carboxylic acids is 4. The molecule has 4 N–H and O–H groups in total. The van der Waals surface area contributed by atoms with Crippen LogP contribution in [0.4, 0.5) is 0 Å². The van der Waals surface area contributed by atoms with Crippen LogP contribution in [0.15, 0.2) is 12.7 Å². The van der Waals surface area contributed by atoms with Gasteiger partial charge in [0.15, 0.2) is 5.54 Å². The molecule has 0 saturated carbocycles. The van der Waals surface area contributed by atoms with Crippen molar-refractivity contribution in [1.82, 2.24) is 10.6 Å². The highest BCUT2D eigenvalue weighted by atomic mass is 32.2. The van der Waals surface area contributed by atoms with Gasteiger partial charge in [-0.3, -0.25) is 14.4 Å². The highest BCUT2D eigenvalue weighted by molar-refractivity contribution is 8.13. The molecule has 0 spiro atoms. The topological polar surface area (TPSA) is 142 Å². The summed E-state index contributed by atoms with van der Waals surface area (Å²) in [5, 5.41) is 25.3. The maximum Gasteiger partial charge on any atom is 0.329 e. The van der Waals surface area contributed by atoms with E-state index in [0.29, 0.717) is 11.8 Å². The summed E-state index contributed by atoms with van der Waals surface area (Å²) in [6, 6.07) is -1.12. The third-order valence-electron chi connectivity index (χ3n) is 4.51. The first kappa shape index (κ1) is 24.1. The summed E-state index contributed by atoms with van der Waals surface area (Å²) >= 11 is 0.623. The highest BCUT2D eigenvalue weighted by Gasteiger charge is 2.60. The van der Waals surface area contributed by atoms with E-state index in [1.807, 2.05) is 0 Å². The fraction of sp³-hybridized carbons (Fsp3) is 0.667. The van der Waals surface area contributed by atoms with Crippen LogP contribution in [0.25, 0.3) is 0 Å². The molecule has 0 bridgehead atoms. The Bertz CT molecular complexity index is 639. The van der Waals surface area contributed by atoms with Crippen molar-refractivity contribution in [1.29, 1.82) is 0 Å². The zero-order chi connectivity index (χ0) is 21.6. The van der Waals surface area contributed by atoms with Crippen molar-refractivity contribution in [2.45, 2.75) is 51.5 Å². The predicted molar refractivity (Wildman–Crippen MR) is 103 cm³/mol. The largest absolute Gasteiger partial charge is 0.460 e. The lowest BCUT2D eigenvalue weighted by molar-refractivity contribution is -0.145. The molecule has 1 aliphatic heterocycles. The van der Waals surface area contributed by atoms with Gasteiger partial charge in [0, 0.05) is 12.7 Å². The van der Waals surface area contributed by atoms with Crippen LogP contribution in [0.1, 0.15) is 27.7 Å². The Morgan fingerprint density at radius 1 is 1.43 bits per heavy atom. The second kappa shape index (κ2) is 10.0. The molecule has 158 valence electrons. The summed E-state index contributed by atoms with van der Waals surface area (Å²) in [5.74, 6) is -3.32. The number of esters is 1. The number of aliphatic hydroxyl groups excluding tert-OH is 2. The van der Waals surface area contributed by atoms with Crippen LogP contribution in [0.2, 0.25) is 0 Å². The first-order valence-corrected chi connectivity index (χ1v) is 9.87. The molecule has 2 amide bonds. The van der Waals surface area contributed by atoms with E-state index in [1.54, 1.807) is 13.8 Å². The number of aliphatic hydroxyl groups is 2. The smallest absolute Gasteiger partial charge is 0.329 e. The maximum absolute atomic E-state index is 13.0. The Morgan fingerprint density at radius 3 is 2.46 bits per heavy atom. The van der Waals surface area contributed by atoms with E-state index in [1.165, 1.54) is 19.9 Å². The zero-order valence-corrected chi connectivity index (χ0v) is 17.2. The average Bonchev–Trinajstić information content (AvgIpc) is 2.86. The summed E-state index contributed by atoms with van der Waals surface area (Å²) in [5.41, 5.74) is -1.90. The number of thioether (sulfide) groups is 1. The Labute approximate surface area is 168 Å². The van der Waals surface area contributed by atoms with E-state index in [2.05, 4.69) is 17.2 Å². The summed E-state index contributed by atoms with van der Waals surface area (Å²) < 4.78 is 4.91. The number of ether oxygens (including phenoxy) is 1. The fourth-order valence-corrected chi connectivity index (χ4v) is 4.00. The van der Waals surface area contributed by atoms with E-state index in [0.717, 1.165) is 0 Å². The Morgan fingerprint density at radius 2 is 2.04 bits per heavy atom. The minimum atomic E-state index is -1.90. The number of rotatable bonds is 9. The first-order chi connectivity index (χ1) is 13.0. The molecular formula is C18H28N2O7S. The lowest BCUT2D eigenvalue weighted by Gasteiger charge is -2.37. The quantitative estimate of drug-likeness (QED) is 0.287. The number of carbonyl (C=O) groups is 4. The van der Waals surface area contributed by atoms with Crippen LogP contribution >= 0.6 is 11.8 Å². The minimum absolute atomic E-state index is 0.0597. The normalized spacial score (nSPS) is 26.3. The molecule has 1 saturated heterocycles. The second-order valence-electron chi connectivity index (χ2n) is 7.05. The lowest BCUT2D eigenvalue weighted by atomic mass is 9.81. The Balaban J connectivity index is 3.03. The molecule has 0 aromatic rings. The highest BCUT2D eigenvalue weighted by Crippen LogP contribution is 2.36. The molecule has 0 aromatic heterocycles. The van der Waals surface area contributed by atoms with Gasteiger partial charge in [0.25, 0.3) is 0 Å². The number of hydrogen-bond acceptors (Lipinski definition) is 8. The van der Waals surface area contributed by atoms with Gasteiger partial charge >= 0.3 is 5.97 Å². The van der Waals surface area contributed by atoms with Crippen LogP contribution in [-0.2, 0) is 23.9 Å². The SMILES string of the molecule is C=CCOC(=O)[C@H](CSC(=O)[C@]1([C@H](O)C(C)C)NC(=O)[C@H](C)[C@@H]1O)NC(C)=O. The lowest BCUT2D eigenvalue weighted by Crippen LogP contribution is -2.64. The molecule has 0 aliphatic carbocycles. The van der Waals surface area contributed by atoms with Crippen LogP contribution in [-0.4, -0.2) is 69.3 Å². The Kier molecular flexibility index (Phi) is 8.65. The maximum atomic E-state index is 13.0. The summed E-state index contributed by atoms with van der Waals surface area (Å²) in [4.78, 5) is 48.5. The number of nitrogens with one attached hydrogen (secondary N) is 2. The van der Waals surface area contributed by atoms with E-state index >= 15 is 0 Å². The third-order valence-corrected chi connectivity index (χ3v) is 5.61. The second-order valence-corrected chi connectivity index (χ2v) is 8.04. The summed E-state index contributed by atoms with van der Waals surface area (Å²) in [6.45, 7) is 9.34. The van der Waals surface area contributed by atoms with Gasteiger partial charge in [0.2, 0.25) is 16.9 Å². The van der Waals surface area contributed by atoms with E-state index in [-0.39, 0.29) is 12.4 Å². The molecular weight excluding hydrogens is 388 g/mol. The van der Waals surface area contributed by atoms with Crippen molar-refractivity contribution < 1.29 is 34.1 Å². The van der Waals surface area contributed by atoms with Gasteiger partial charge in [-0.1, -0.05) is 45.2 Å². The monoisotopic (exact) mass is 416 g/mol. The number of hydrogen-bond donors (Lipinski definition) is 4. The van der Waals surface area contributed by atoms with Crippen molar-refractivity contribution in [2.75, 3.05) is 12.4 Å². The third kappa shape index (κ3) is 5.12. The van der Waals surface area contributed by atoms with Crippen molar-refractivity contribution >= 4 is 34.7 Å². The van der Waals surface area contributed by atoms with Crippen molar-refractivity contribution in [3.05, 3.63) is 12.7 Å². The van der Waals surface area contributed by atoms with Crippen LogP contribution in [0.5, 0.6) is 0 Å². The first-order valence-electron chi connectivity index (χ1n) is 8.89. The molecule has 9 nitrogen and oxygen atoms in total. The molecule has 28 heavy (non-hydrogen) atoms. The van der Waals surface area contributed by atoms with Crippen molar-refractivity contribution in [3.63, 3.8) is 0 Å². The van der Waals surface area contributed by atoms with Gasteiger partial charge < -0.3 is 25.6 Å². The van der Waals surface area contributed by atoms with Gasteiger partial charge in [0.05, 0.1) is 18.1 Å². The van der Waals surface area contributed by atoms with Gasteiger partial charge in [-0.05, 0) is 5.92 Å². The molecule has 1 aliphatic rings. The van der Waals surface area contributed by atoms with E-state index in [9.17, 15) is 29.4 Å². The van der Waals surface area contributed by atoms with Gasteiger partial charge in [-0.2, -0.15) is 0 Å². The van der Waals surface area contributed by atoms with Gasteiger partial charge in [0.1, 0.15) is 12.6 Å². The summed E-state index contributed by atoms with van der Waals surface area (Å²) in [7, 11) is 0. The molecule has 0 radical (unpaired) electrons. The minimum Gasteiger partial charge on any atom is -0.460 e. The molecule has 1 heterocycles. The standard InChI is InChI=1S/C18H28N2O7S/c1-6-7-27-16(25)12(19-11(5)21)8-28-17(26)18(13(22)9(2)3)14(23)10(4)15(24)20-18/h6,9-10,12-14,22-23H,1,7-8H2,2-5H3,(H,19,21)(H,20,24)/t10-,12+,13-,14+,18-/m1/s1. The van der Waals surface area contributed by atoms with Gasteiger partial charge in [-0.25, -0.2) is 4.79 Å². The molecule has 0 aromatic carbocycles.